The Bertz CT molecular complexity index is 345. The minimum Gasteiger partial charge on any atom is -0.410 e. The van der Waals surface area contributed by atoms with Gasteiger partial charge in [-0.1, -0.05) is 6.07 Å². The summed E-state index contributed by atoms with van der Waals surface area (Å²) in [6, 6.07) is 3.78. The lowest BCUT2D eigenvalue weighted by Gasteiger charge is -2.08. The molecule has 70 valence electrons. The Labute approximate surface area is 77.5 Å². The van der Waals surface area contributed by atoms with Crippen LogP contribution >= 0.6 is 0 Å². The molecule has 2 N–H and O–H groups in total. The Morgan fingerprint density at radius 2 is 1.69 bits per heavy atom. The number of amides is 1. The topological polar surface area (TPSA) is 52.3 Å². The molecule has 1 rings (SSSR count). The van der Waals surface area contributed by atoms with E-state index in [9.17, 15) is 4.79 Å². The molecule has 1 aromatic rings. The molecule has 0 fully saturated rings. The molecule has 1 amide bonds. The Morgan fingerprint density at radius 3 is 2.23 bits per heavy atom. The van der Waals surface area contributed by atoms with E-state index in [1.807, 2.05) is 32.9 Å². The smallest absolute Gasteiger partial charge is 0.409 e. The number of hydrogen-bond donors (Lipinski definition) is 1. The molecule has 1 aromatic carbocycles. The van der Waals surface area contributed by atoms with Gasteiger partial charge in [-0.15, -0.1) is 0 Å². The van der Waals surface area contributed by atoms with Crippen molar-refractivity contribution in [1.82, 2.24) is 0 Å². The third-order valence-corrected chi connectivity index (χ3v) is 2.00. The summed E-state index contributed by atoms with van der Waals surface area (Å²) >= 11 is 0. The average Bonchev–Trinajstić information content (AvgIpc) is 1.99. The summed E-state index contributed by atoms with van der Waals surface area (Å²) in [5, 5.41) is 0. The van der Waals surface area contributed by atoms with E-state index < -0.39 is 6.09 Å². The van der Waals surface area contributed by atoms with Gasteiger partial charge in [-0.3, -0.25) is 0 Å². The van der Waals surface area contributed by atoms with Crippen LogP contribution in [-0.4, -0.2) is 6.09 Å². The van der Waals surface area contributed by atoms with E-state index in [-0.39, 0.29) is 0 Å². The van der Waals surface area contributed by atoms with Gasteiger partial charge < -0.3 is 10.5 Å². The van der Waals surface area contributed by atoms with E-state index in [1.165, 1.54) is 5.56 Å². The van der Waals surface area contributed by atoms with Gasteiger partial charge in [-0.2, -0.15) is 0 Å². The lowest BCUT2D eigenvalue weighted by atomic mass is 10.1. The first-order chi connectivity index (χ1) is 6.00. The van der Waals surface area contributed by atoms with Crippen molar-refractivity contribution in [2.75, 3.05) is 0 Å². The number of primary amides is 1. The van der Waals surface area contributed by atoms with Crippen molar-refractivity contribution in [2.24, 2.45) is 5.73 Å². The molecule has 0 spiro atoms. The first-order valence-corrected chi connectivity index (χ1v) is 4.06. The number of nitrogens with two attached hydrogens (primary N) is 1. The average molecular weight is 179 g/mol. The van der Waals surface area contributed by atoms with Crippen LogP contribution in [0.4, 0.5) is 4.79 Å². The van der Waals surface area contributed by atoms with Crippen LogP contribution in [0, 0.1) is 20.8 Å². The maximum atomic E-state index is 10.5. The van der Waals surface area contributed by atoms with Gasteiger partial charge in [0.05, 0.1) is 0 Å². The molecule has 0 aliphatic carbocycles. The molecule has 0 saturated heterocycles. The molecule has 3 heteroatoms. The Balaban J connectivity index is 3.08. The maximum Gasteiger partial charge on any atom is 0.409 e. The van der Waals surface area contributed by atoms with Crippen molar-refractivity contribution < 1.29 is 9.53 Å². The molecule has 0 aliphatic heterocycles. The molecule has 3 nitrogen and oxygen atoms in total. The summed E-state index contributed by atoms with van der Waals surface area (Å²) in [5.74, 6) is 0.538. The highest BCUT2D eigenvalue weighted by Gasteiger charge is 2.04. The molecular weight excluding hydrogens is 166 g/mol. The van der Waals surface area contributed by atoms with Crippen LogP contribution in [0.1, 0.15) is 16.7 Å². The maximum absolute atomic E-state index is 10.5. The van der Waals surface area contributed by atoms with Crippen LogP contribution in [0.5, 0.6) is 5.75 Å². The van der Waals surface area contributed by atoms with Crippen LogP contribution in [0.25, 0.3) is 0 Å². The number of aryl methyl sites for hydroxylation is 3. The standard InChI is InChI=1S/C10H13NO2/c1-6-4-8(3)9(5-7(6)2)13-10(11)12/h4-5H,1-3H3,(H2,11,12). The summed E-state index contributed by atoms with van der Waals surface area (Å²) in [7, 11) is 0. The monoisotopic (exact) mass is 179 g/mol. The summed E-state index contributed by atoms with van der Waals surface area (Å²) in [4.78, 5) is 10.5. The summed E-state index contributed by atoms with van der Waals surface area (Å²) < 4.78 is 4.82. The van der Waals surface area contributed by atoms with Crippen molar-refractivity contribution in [3.63, 3.8) is 0 Å². The van der Waals surface area contributed by atoms with Crippen LogP contribution in [0.2, 0.25) is 0 Å². The highest BCUT2D eigenvalue weighted by atomic mass is 16.5. The van der Waals surface area contributed by atoms with Crippen molar-refractivity contribution >= 4 is 6.09 Å². The number of carbonyl (C=O) groups is 1. The summed E-state index contributed by atoms with van der Waals surface area (Å²) in [6.07, 6.45) is -0.772. The van der Waals surface area contributed by atoms with Crippen molar-refractivity contribution in [3.8, 4) is 5.75 Å². The van der Waals surface area contributed by atoms with Crippen LogP contribution in [0.15, 0.2) is 12.1 Å². The molecule has 0 unspecified atom stereocenters. The van der Waals surface area contributed by atoms with Gasteiger partial charge in [0.25, 0.3) is 0 Å². The molecule has 0 aliphatic rings. The number of carbonyl (C=O) groups excluding carboxylic acids is 1. The van der Waals surface area contributed by atoms with E-state index in [0.717, 1.165) is 11.1 Å². The van der Waals surface area contributed by atoms with Gasteiger partial charge in [0.15, 0.2) is 0 Å². The molecule has 0 saturated carbocycles. The van der Waals surface area contributed by atoms with E-state index in [0.29, 0.717) is 5.75 Å². The number of hydrogen-bond acceptors (Lipinski definition) is 2. The Morgan fingerprint density at radius 1 is 1.15 bits per heavy atom. The van der Waals surface area contributed by atoms with Crippen LogP contribution in [-0.2, 0) is 0 Å². The SMILES string of the molecule is Cc1cc(C)c(OC(N)=O)cc1C. The first-order valence-electron chi connectivity index (χ1n) is 4.06. The van der Waals surface area contributed by atoms with Crippen LogP contribution in [0.3, 0.4) is 0 Å². The number of rotatable bonds is 1. The molecule has 0 atom stereocenters. The Hall–Kier alpha value is -1.51. The van der Waals surface area contributed by atoms with Gasteiger partial charge in [-0.25, -0.2) is 4.79 Å². The van der Waals surface area contributed by atoms with Gasteiger partial charge in [0, 0.05) is 0 Å². The molecule has 0 heterocycles. The zero-order valence-corrected chi connectivity index (χ0v) is 8.05. The molecular formula is C10H13NO2. The summed E-state index contributed by atoms with van der Waals surface area (Å²) in [5.41, 5.74) is 8.10. The lowest BCUT2D eigenvalue weighted by Crippen LogP contribution is -2.16. The van der Waals surface area contributed by atoms with E-state index in [2.05, 4.69) is 0 Å². The molecule has 0 aromatic heterocycles. The zero-order chi connectivity index (χ0) is 10.0. The lowest BCUT2D eigenvalue weighted by molar-refractivity contribution is 0.210. The predicted octanol–water partition coefficient (Wildman–Crippen LogP) is 2.07. The van der Waals surface area contributed by atoms with Gasteiger partial charge in [0.2, 0.25) is 0 Å². The van der Waals surface area contributed by atoms with E-state index in [1.54, 1.807) is 0 Å². The normalized spacial score (nSPS) is 9.77. The zero-order valence-electron chi connectivity index (χ0n) is 8.05. The fourth-order valence-electron chi connectivity index (χ4n) is 1.15. The fourth-order valence-corrected chi connectivity index (χ4v) is 1.15. The van der Waals surface area contributed by atoms with Gasteiger partial charge in [-0.05, 0) is 43.5 Å². The molecule has 0 radical (unpaired) electrons. The fraction of sp³-hybridized carbons (Fsp3) is 0.300. The van der Waals surface area contributed by atoms with E-state index in [4.69, 9.17) is 10.5 Å². The predicted molar refractivity (Wildman–Crippen MR) is 50.9 cm³/mol. The third-order valence-electron chi connectivity index (χ3n) is 2.00. The second-order valence-electron chi connectivity index (χ2n) is 3.12. The highest BCUT2D eigenvalue weighted by Crippen LogP contribution is 2.22. The second kappa shape index (κ2) is 3.47. The Kier molecular flexibility index (Phi) is 2.56. The molecule has 13 heavy (non-hydrogen) atoms. The van der Waals surface area contributed by atoms with Crippen molar-refractivity contribution in [1.29, 1.82) is 0 Å². The number of benzene rings is 1. The minimum atomic E-state index is -0.772. The van der Waals surface area contributed by atoms with Crippen molar-refractivity contribution in [3.05, 3.63) is 28.8 Å². The quantitative estimate of drug-likeness (QED) is 0.717. The third kappa shape index (κ3) is 2.21. The van der Waals surface area contributed by atoms with Gasteiger partial charge >= 0.3 is 6.09 Å². The van der Waals surface area contributed by atoms with E-state index >= 15 is 0 Å². The number of ether oxygens (including phenoxy) is 1. The van der Waals surface area contributed by atoms with Gasteiger partial charge in [0.1, 0.15) is 5.75 Å². The summed E-state index contributed by atoms with van der Waals surface area (Å²) in [6.45, 7) is 5.85. The highest BCUT2D eigenvalue weighted by molar-refractivity contribution is 5.68. The largest absolute Gasteiger partial charge is 0.410 e. The van der Waals surface area contributed by atoms with Crippen LogP contribution < -0.4 is 10.5 Å². The minimum absolute atomic E-state index is 0.538. The second-order valence-corrected chi connectivity index (χ2v) is 3.12. The first kappa shape index (κ1) is 9.58. The van der Waals surface area contributed by atoms with Crippen molar-refractivity contribution in [2.45, 2.75) is 20.8 Å². The molecule has 0 bridgehead atoms.